The highest BCUT2D eigenvalue weighted by Gasteiger charge is 2.36. The summed E-state index contributed by atoms with van der Waals surface area (Å²) in [5, 5.41) is 0.257. The number of imide groups is 1. The van der Waals surface area contributed by atoms with Crippen LogP contribution < -0.4 is 4.90 Å². The lowest BCUT2D eigenvalue weighted by Crippen LogP contribution is -2.27. The van der Waals surface area contributed by atoms with Crippen molar-refractivity contribution in [3.63, 3.8) is 0 Å². The second-order valence-corrected chi connectivity index (χ2v) is 5.97. The third-order valence-corrected chi connectivity index (χ3v) is 4.26. The Morgan fingerprint density at radius 2 is 1.86 bits per heavy atom. The minimum absolute atomic E-state index is 0.303. The average Bonchev–Trinajstić information content (AvgIpc) is 2.97. The minimum atomic E-state index is -0.312. The van der Waals surface area contributed by atoms with Crippen molar-refractivity contribution in [2.75, 3.05) is 4.90 Å². The van der Waals surface area contributed by atoms with E-state index in [1.165, 1.54) is 0 Å². The van der Waals surface area contributed by atoms with E-state index in [0.29, 0.717) is 15.6 Å². The van der Waals surface area contributed by atoms with Crippen molar-refractivity contribution in [2.24, 2.45) is 7.05 Å². The van der Waals surface area contributed by atoms with Crippen LogP contribution in [0, 0.1) is 0 Å². The summed E-state index contributed by atoms with van der Waals surface area (Å²) < 4.78 is 1.89. The molecule has 1 aliphatic rings. The Hall–Kier alpha value is -1.98. The molecule has 0 aliphatic carbocycles. The summed E-state index contributed by atoms with van der Waals surface area (Å²) in [4.78, 5) is 26.1. The van der Waals surface area contributed by atoms with E-state index < -0.39 is 0 Å². The third kappa shape index (κ3) is 2.62. The molecule has 21 heavy (non-hydrogen) atoms. The van der Waals surface area contributed by atoms with Gasteiger partial charge >= 0.3 is 0 Å². The van der Waals surface area contributed by atoms with Crippen LogP contribution in [0.3, 0.4) is 0 Å². The number of halogens is 1. The number of aromatic nitrogens is 1. The van der Waals surface area contributed by atoms with E-state index >= 15 is 0 Å². The summed E-state index contributed by atoms with van der Waals surface area (Å²) >= 11 is 6.76. The summed E-state index contributed by atoms with van der Waals surface area (Å²) in [6.07, 6.45) is 3.61. The molecule has 3 rings (SSSR count). The number of thioether (sulfide) groups is 1. The molecule has 4 nitrogen and oxygen atoms in total. The Labute approximate surface area is 131 Å². The zero-order valence-corrected chi connectivity index (χ0v) is 12.7. The largest absolute Gasteiger partial charge is 0.351 e. The number of aryl methyl sites for hydroxylation is 1. The maximum Gasteiger partial charge on any atom is 0.298 e. The number of rotatable bonds is 2. The first kappa shape index (κ1) is 14.0. The smallest absolute Gasteiger partial charge is 0.298 e. The van der Waals surface area contributed by atoms with E-state index in [2.05, 4.69) is 0 Å². The number of nitrogens with zero attached hydrogens (tertiary/aromatic N) is 2. The molecule has 1 aliphatic heterocycles. The number of anilines is 1. The predicted octanol–water partition coefficient (Wildman–Crippen LogP) is 3.92. The molecular weight excluding hydrogens is 308 g/mol. The molecule has 1 aromatic heterocycles. The maximum absolute atomic E-state index is 12.4. The molecule has 0 saturated carbocycles. The summed E-state index contributed by atoms with van der Waals surface area (Å²) in [5.41, 5.74) is 1.40. The van der Waals surface area contributed by atoms with Gasteiger partial charge in [0.2, 0.25) is 0 Å². The van der Waals surface area contributed by atoms with Gasteiger partial charge in [0.15, 0.2) is 0 Å². The van der Waals surface area contributed by atoms with Crippen molar-refractivity contribution in [1.29, 1.82) is 0 Å². The molecule has 0 N–H and O–H groups in total. The molecule has 2 amide bonds. The molecule has 6 heteroatoms. The second-order valence-electron chi connectivity index (χ2n) is 4.54. The molecule has 2 heterocycles. The Balaban J connectivity index is 1.94. The van der Waals surface area contributed by atoms with Crippen LogP contribution in [0.4, 0.5) is 10.5 Å². The fourth-order valence-electron chi connectivity index (χ4n) is 2.04. The van der Waals surface area contributed by atoms with E-state index in [0.717, 1.165) is 22.4 Å². The van der Waals surface area contributed by atoms with E-state index in [1.807, 2.05) is 29.9 Å². The Morgan fingerprint density at radius 3 is 2.48 bits per heavy atom. The Morgan fingerprint density at radius 1 is 1.14 bits per heavy atom. The van der Waals surface area contributed by atoms with Gasteiger partial charge in [0.25, 0.3) is 11.1 Å². The van der Waals surface area contributed by atoms with Crippen LogP contribution in [0.25, 0.3) is 6.08 Å². The molecule has 1 aromatic carbocycles. The maximum atomic E-state index is 12.4. The van der Waals surface area contributed by atoms with Gasteiger partial charge < -0.3 is 4.57 Å². The van der Waals surface area contributed by atoms with E-state index in [4.69, 9.17) is 11.6 Å². The Kier molecular flexibility index (Phi) is 3.61. The van der Waals surface area contributed by atoms with Gasteiger partial charge in [-0.3, -0.25) is 9.59 Å². The van der Waals surface area contributed by atoms with Crippen molar-refractivity contribution in [3.05, 3.63) is 58.2 Å². The van der Waals surface area contributed by atoms with E-state index in [1.54, 1.807) is 30.3 Å². The van der Waals surface area contributed by atoms with Crippen molar-refractivity contribution in [3.8, 4) is 0 Å². The molecule has 0 atom stereocenters. The number of benzene rings is 1. The molecule has 0 bridgehead atoms. The molecule has 0 radical (unpaired) electrons. The summed E-state index contributed by atoms with van der Waals surface area (Å²) in [6, 6.07) is 10.4. The van der Waals surface area contributed by atoms with Gasteiger partial charge in [-0.2, -0.15) is 0 Å². The quantitative estimate of drug-likeness (QED) is 0.788. The molecule has 0 unspecified atom stereocenters. The number of hydrogen-bond acceptors (Lipinski definition) is 3. The normalized spacial score (nSPS) is 17.0. The lowest BCUT2D eigenvalue weighted by atomic mass is 10.3. The van der Waals surface area contributed by atoms with Crippen molar-refractivity contribution in [1.82, 2.24) is 4.57 Å². The number of amides is 2. The van der Waals surface area contributed by atoms with Gasteiger partial charge in [-0.25, -0.2) is 4.90 Å². The van der Waals surface area contributed by atoms with Gasteiger partial charge in [-0.15, -0.1) is 0 Å². The van der Waals surface area contributed by atoms with Gasteiger partial charge in [0, 0.05) is 24.0 Å². The fraction of sp³-hybridized carbons (Fsp3) is 0.0667. The summed E-state index contributed by atoms with van der Waals surface area (Å²) in [5.74, 6) is -0.312. The monoisotopic (exact) mass is 318 g/mol. The standard InChI is InChI=1S/C15H11ClN2O2S/c1-17-8-2-3-12(17)9-13-14(19)18(15(20)21-13)11-6-4-10(16)5-7-11/h2-9H,1H3. The van der Waals surface area contributed by atoms with Gasteiger partial charge in [-0.1, -0.05) is 11.6 Å². The van der Waals surface area contributed by atoms with Gasteiger partial charge in [-0.05, 0) is 54.2 Å². The van der Waals surface area contributed by atoms with Crippen LogP contribution in [0.15, 0.2) is 47.5 Å². The third-order valence-electron chi connectivity index (χ3n) is 3.14. The highest BCUT2D eigenvalue weighted by atomic mass is 35.5. The summed E-state index contributed by atoms with van der Waals surface area (Å²) in [6.45, 7) is 0. The van der Waals surface area contributed by atoms with Crippen LogP contribution in [0.5, 0.6) is 0 Å². The molecule has 2 aromatic rings. The first-order chi connectivity index (χ1) is 10.1. The topological polar surface area (TPSA) is 42.3 Å². The van der Waals surface area contributed by atoms with Crippen LogP contribution in [-0.2, 0) is 11.8 Å². The average molecular weight is 319 g/mol. The molecule has 1 fully saturated rings. The molecule has 1 saturated heterocycles. The fourth-order valence-corrected chi connectivity index (χ4v) is 2.99. The molecule has 0 spiro atoms. The van der Waals surface area contributed by atoms with Crippen molar-refractivity contribution >= 4 is 46.3 Å². The van der Waals surface area contributed by atoms with E-state index in [-0.39, 0.29) is 11.1 Å². The summed E-state index contributed by atoms with van der Waals surface area (Å²) in [7, 11) is 1.88. The lowest BCUT2D eigenvalue weighted by molar-refractivity contribution is -0.113. The highest BCUT2D eigenvalue weighted by Crippen LogP contribution is 2.35. The molecule has 106 valence electrons. The first-order valence-electron chi connectivity index (χ1n) is 6.21. The second kappa shape index (κ2) is 5.42. The van der Waals surface area contributed by atoms with Crippen LogP contribution in [0.1, 0.15) is 5.69 Å². The number of carbonyl (C=O) groups excluding carboxylic acids is 2. The highest BCUT2D eigenvalue weighted by molar-refractivity contribution is 8.19. The van der Waals surface area contributed by atoms with Gasteiger partial charge in [0.1, 0.15) is 0 Å². The van der Waals surface area contributed by atoms with E-state index in [9.17, 15) is 9.59 Å². The van der Waals surface area contributed by atoms with Gasteiger partial charge in [0.05, 0.1) is 10.6 Å². The SMILES string of the molecule is Cn1cccc1C=C1SC(=O)N(c2ccc(Cl)cc2)C1=O. The number of carbonyl (C=O) groups is 2. The van der Waals surface area contributed by atoms with Crippen LogP contribution in [0.2, 0.25) is 5.02 Å². The number of hydrogen-bond donors (Lipinski definition) is 0. The molecular formula is C15H11ClN2O2S. The zero-order chi connectivity index (χ0) is 15.0. The minimum Gasteiger partial charge on any atom is -0.351 e. The lowest BCUT2D eigenvalue weighted by Gasteiger charge is -2.12. The van der Waals surface area contributed by atoms with Crippen molar-refractivity contribution < 1.29 is 9.59 Å². The zero-order valence-electron chi connectivity index (χ0n) is 11.1. The van der Waals surface area contributed by atoms with Crippen molar-refractivity contribution in [2.45, 2.75) is 0 Å². The van der Waals surface area contributed by atoms with Crippen LogP contribution >= 0.6 is 23.4 Å². The first-order valence-corrected chi connectivity index (χ1v) is 7.40. The van der Waals surface area contributed by atoms with Crippen LogP contribution in [-0.4, -0.2) is 15.7 Å². The Bertz CT molecular complexity index is 749. The predicted molar refractivity (Wildman–Crippen MR) is 85.3 cm³/mol.